The Bertz CT molecular complexity index is 5580. The van der Waals surface area contributed by atoms with E-state index in [0.717, 1.165) is 106 Å². The van der Waals surface area contributed by atoms with Gasteiger partial charge in [0.1, 0.15) is 36.0 Å². The molecule has 0 bridgehead atoms. The molecular formula is C87H69N6O6P. The number of aldehydes is 1. The summed E-state index contributed by atoms with van der Waals surface area (Å²) in [6, 6.07) is 94.9. The molecule has 0 aliphatic rings. The van der Waals surface area contributed by atoms with Crippen LogP contribution in [0, 0.1) is 40.6 Å². The van der Waals surface area contributed by atoms with Crippen LogP contribution in [0.1, 0.15) is 65.0 Å². The number of nitriles is 3. The van der Waals surface area contributed by atoms with Crippen molar-refractivity contribution < 1.29 is 27.9 Å². The average Bonchev–Trinajstić information content (AvgIpc) is 0.765. The van der Waals surface area contributed by atoms with Gasteiger partial charge >= 0.3 is 7.60 Å². The van der Waals surface area contributed by atoms with E-state index in [1.54, 1.807) is 34.1 Å². The van der Waals surface area contributed by atoms with Crippen LogP contribution in [0.4, 0.5) is 39.8 Å². The zero-order chi connectivity index (χ0) is 68.8. The largest absolute Gasteiger partial charge is 0.497 e. The second kappa shape index (κ2) is 31.5. The van der Waals surface area contributed by atoms with Crippen LogP contribution in [0.3, 0.4) is 0 Å². The second-order valence-electron chi connectivity index (χ2n) is 23.0. The van der Waals surface area contributed by atoms with E-state index in [2.05, 4.69) is 154 Å². The molecule has 488 valence electrons. The highest BCUT2D eigenvalue weighted by molar-refractivity contribution is 7.53. The minimum Gasteiger partial charge on any atom is -0.497 e. The van der Waals surface area contributed by atoms with E-state index < -0.39 is 7.60 Å². The van der Waals surface area contributed by atoms with Gasteiger partial charge in [0, 0.05) is 60.6 Å². The molecule has 13 heteroatoms. The van der Waals surface area contributed by atoms with E-state index >= 15 is 0 Å². The van der Waals surface area contributed by atoms with E-state index in [0.29, 0.717) is 38.7 Å². The fourth-order valence-corrected chi connectivity index (χ4v) is 14.3. The zero-order valence-electron chi connectivity index (χ0n) is 54.8. The lowest BCUT2D eigenvalue weighted by atomic mass is 9.92. The predicted octanol–water partition coefficient (Wildman–Crippen LogP) is 23.5. The van der Waals surface area contributed by atoms with Gasteiger partial charge in [-0.15, -0.1) is 0 Å². The first-order valence-corrected chi connectivity index (χ1v) is 33.9. The average molecular weight is 1330 g/mol. The number of hydrogen-bond donors (Lipinski definition) is 0. The number of rotatable bonds is 17. The molecule has 14 aromatic carbocycles. The van der Waals surface area contributed by atoms with Gasteiger partial charge in [-0.1, -0.05) is 183 Å². The molecule has 0 spiro atoms. The van der Waals surface area contributed by atoms with Gasteiger partial charge in [0.25, 0.3) is 0 Å². The maximum Gasteiger partial charge on any atom is 0.335 e. The smallest absolute Gasteiger partial charge is 0.335 e. The summed E-state index contributed by atoms with van der Waals surface area (Å²) in [4.78, 5) is 19.4. The molecule has 0 amide bonds. The van der Waals surface area contributed by atoms with Crippen molar-refractivity contribution in [3.8, 4) is 29.7 Å². The van der Waals surface area contributed by atoms with Gasteiger partial charge in [-0.25, -0.2) is 4.85 Å². The lowest BCUT2D eigenvalue weighted by Gasteiger charge is -2.27. The maximum absolute atomic E-state index is 12.8. The number of ether oxygens (including phenoxy) is 2. The van der Waals surface area contributed by atoms with Crippen molar-refractivity contribution in [2.75, 3.05) is 37.2 Å². The number of methoxy groups -OCH3 is 2. The molecule has 0 aliphatic carbocycles. The summed E-state index contributed by atoms with van der Waals surface area (Å²) in [7, 11) is 0.0821. The minimum absolute atomic E-state index is 0. The summed E-state index contributed by atoms with van der Waals surface area (Å²) in [5, 5.41) is 40.2. The third-order valence-electron chi connectivity index (χ3n) is 17.2. The molecule has 0 saturated carbocycles. The van der Waals surface area contributed by atoms with Gasteiger partial charge in [-0.05, 0) is 166 Å². The Morgan fingerprint density at radius 2 is 0.790 bits per heavy atom. The van der Waals surface area contributed by atoms with E-state index in [4.69, 9.17) is 25.1 Å². The lowest BCUT2D eigenvalue weighted by Crippen LogP contribution is -2.10. The number of nitrogens with zero attached hydrogens (tertiary/aromatic N) is 6. The summed E-state index contributed by atoms with van der Waals surface area (Å²) in [5.41, 5.74) is 11.9. The molecule has 0 atom stereocenters. The van der Waals surface area contributed by atoms with Crippen molar-refractivity contribution in [1.82, 2.24) is 0 Å². The highest BCUT2D eigenvalue weighted by Gasteiger charge is 2.26. The molecule has 12 nitrogen and oxygen atoms in total. The molecule has 14 rings (SSSR count). The Hall–Kier alpha value is -12.6. The predicted molar refractivity (Wildman–Crippen MR) is 409 cm³/mol. The molecule has 0 fully saturated rings. The number of anilines is 6. The van der Waals surface area contributed by atoms with Crippen molar-refractivity contribution in [3.63, 3.8) is 0 Å². The molecular weight excluding hydrogens is 1260 g/mol. The molecule has 0 aliphatic heterocycles. The summed E-state index contributed by atoms with van der Waals surface area (Å²) < 4.78 is 34.3. The van der Waals surface area contributed by atoms with Crippen LogP contribution in [0.25, 0.3) is 81.6 Å². The number of hydrogen-bond acceptors (Lipinski definition) is 11. The van der Waals surface area contributed by atoms with Crippen LogP contribution in [0.2, 0.25) is 0 Å². The van der Waals surface area contributed by atoms with Gasteiger partial charge in [0.15, 0.2) is 0 Å². The van der Waals surface area contributed by atoms with Crippen LogP contribution in [-0.4, -0.2) is 33.7 Å². The van der Waals surface area contributed by atoms with E-state index in [1.165, 1.54) is 16.2 Å². The maximum atomic E-state index is 12.8. The first kappa shape index (κ1) is 68.7. The van der Waals surface area contributed by atoms with Gasteiger partial charge in [0.05, 0.1) is 68.2 Å². The Balaban J connectivity index is 0.000000159. The van der Waals surface area contributed by atoms with Gasteiger partial charge < -0.3 is 28.3 Å². The Kier molecular flexibility index (Phi) is 21.6. The van der Waals surface area contributed by atoms with Crippen LogP contribution >= 0.6 is 7.60 Å². The van der Waals surface area contributed by atoms with Crippen LogP contribution < -0.4 is 19.3 Å². The molecule has 0 heterocycles. The molecule has 0 saturated heterocycles. The SMILES string of the molecule is C.CCOP(=O)(Cc1ccc2c(C#N)c3ccccc3c(C#N)c2c1)OCC.COc1ccc(N(c2ccc(C=O)cc2)c2cccc3ccccc23)cc1.[C-]#[N+]c1c2ccccc2c(C#N)c2ccc(C=Cc3ccc(N(c4ccc(OC)cc4)c4cccc5ccccc45)cc3)cc12. The van der Waals surface area contributed by atoms with Crippen LogP contribution in [0.15, 0.2) is 267 Å². The number of carbonyl (C=O) groups is 1. The molecule has 0 unspecified atom stereocenters. The normalized spacial score (nSPS) is 10.9. The van der Waals surface area contributed by atoms with E-state index in [9.17, 15) is 25.1 Å². The topological polar surface area (TPSA) is 153 Å². The highest BCUT2D eigenvalue weighted by atomic mass is 31.2. The van der Waals surface area contributed by atoms with Crippen LogP contribution in [0.5, 0.6) is 11.5 Å². The molecule has 14 aromatic rings. The second-order valence-corrected chi connectivity index (χ2v) is 25.1. The first-order valence-electron chi connectivity index (χ1n) is 32.1. The monoisotopic (exact) mass is 1320 g/mol. The Labute approximate surface area is 582 Å². The van der Waals surface area contributed by atoms with Crippen molar-refractivity contribution >= 4 is 130 Å². The number of benzene rings is 14. The molecule has 0 N–H and O–H groups in total. The summed E-state index contributed by atoms with van der Waals surface area (Å²) in [6.45, 7) is 12.0. The third kappa shape index (κ3) is 14.4. The van der Waals surface area contributed by atoms with Crippen molar-refractivity contribution in [3.05, 3.63) is 317 Å². The fourth-order valence-electron chi connectivity index (χ4n) is 12.6. The lowest BCUT2D eigenvalue weighted by molar-refractivity contribution is 0.112. The number of fused-ring (bicyclic) bond motifs is 6. The summed E-state index contributed by atoms with van der Waals surface area (Å²) in [6.07, 6.45) is 5.10. The Morgan fingerprint density at radius 1 is 0.420 bits per heavy atom. The number of carbonyl (C=O) groups excluding carboxylic acids is 1. The highest BCUT2D eigenvalue weighted by Crippen LogP contribution is 2.52. The fraction of sp³-hybridized carbons (Fsp3) is 0.0920. The van der Waals surface area contributed by atoms with Gasteiger partial charge in [-0.2, -0.15) is 15.8 Å². The molecule has 0 aromatic heterocycles. The standard InChI is InChI=1S/C41H27N3O.C24H19NO2.C21H19N2O3P.CH4/c1-43-41-37-12-6-5-11-35(37)39(27-42)36-25-18-29(26-38(36)41)15-14-28-16-19-31(20-17-28)44(32-21-23-33(45-2)24-22-32)40-13-7-9-30-8-3-4-10-34(30)40;1-27-22-15-13-21(14-16-22)25(20-11-9-18(17-26)10-12-20)24-8-4-6-19-5-2-3-7-23(19)24;1-3-25-27(24,26-4-2)14-15-9-10-18-19(11-15)21(13-23)17-8-6-5-7-16(17)20(18)12-22;/h3-26H,2H3;2-17H,1H3;5-11H,3-4,14H2,1-2H3;1H4. The molecule has 100 heavy (non-hydrogen) atoms. The summed E-state index contributed by atoms with van der Waals surface area (Å²) in [5.74, 6) is 1.62. The zero-order valence-corrected chi connectivity index (χ0v) is 55.7. The van der Waals surface area contributed by atoms with E-state index in [1.807, 2.05) is 152 Å². The molecule has 0 radical (unpaired) electrons. The minimum atomic E-state index is -3.26. The van der Waals surface area contributed by atoms with E-state index in [-0.39, 0.29) is 26.8 Å². The van der Waals surface area contributed by atoms with Gasteiger partial charge in [0.2, 0.25) is 5.69 Å². The van der Waals surface area contributed by atoms with Crippen molar-refractivity contribution in [1.29, 1.82) is 15.8 Å². The quantitative estimate of drug-likeness (QED) is 0.0281. The van der Waals surface area contributed by atoms with Crippen molar-refractivity contribution in [2.24, 2.45) is 0 Å². The first-order chi connectivity index (χ1) is 48.5. The van der Waals surface area contributed by atoms with Crippen molar-refractivity contribution in [2.45, 2.75) is 27.4 Å². The summed E-state index contributed by atoms with van der Waals surface area (Å²) >= 11 is 0. The third-order valence-corrected chi connectivity index (χ3v) is 19.2. The van der Waals surface area contributed by atoms with Crippen LogP contribution in [-0.2, 0) is 19.8 Å². The van der Waals surface area contributed by atoms with Gasteiger partial charge in [-0.3, -0.25) is 9.36 Å². The Morgan fingerprint density at radius 3 is 1.24 bits per heavy atom.